The van der Waals surface area contributed by atoms with Crippen LogP contribution in [0.25, 0.3) is 0 Å². The van der Waals surface area contributed by atoms with Crippen LogP contribution in [0.3, 0.4) is 0 Å². The molecule has 0 aliphatic rings. The number of nitrogens with zero attached hydrogens (tertiary/aromatic N) is 2. The van der Waals surface area contributed by atoms with E-state index < -0.39 is 9.84 Å². The van der Waals surface area contributed by atoms with E-state index in [9.17, 15) is 8.42 Å². The molecule has 0 spiro atoms. The van der Waals surface area contributed by atoms with E-state index in [1.807, 2.05) is 30.6 Å². The summed E-state index contributed by atoms with van der Waals surface area (Å²) in [5.41, 5.74) is 3.54. The number of benzene rings is 1. The van der Waals surface area contributed by atoms with Crippen LogP contribution in [-0.2, 0) is 22.7 Å². The number of aryl methyl sites for hydroxylation is 1. The van der Waals surface area contributed by atoms with Crippen molar-refractivity contribution < 1.29 is 8.42 Å². The Kier molecular flexibility index (Phi) is 9.71. The number of pyridine rings is 1. The van der Waals surface area contributed by atoms with Crippen LogP contribution in [0.15, 0.2) is 52.6 Å². The van der Waals surface area contributed by atoms with E-state index in [4.69, 9.17) is 0 Å². The van der Waals surface area contributed by atoms with E-state index in [1.165, 1.54) is 17.4 Å². The van der Waals surface area contributed by atoms with Crippen LogP contribution in [0, 0.1) is 6.92 Å². The first-order chi connectivity index (χ1) is 12.4. The standard InChI is InChI=1S/C19H26N4O2S.HI/c1-15-14-21-11-9-17(15)10-13-23-19(20-2)22-12-8-16-4-6-18(7-5-16)26(3,24)25;/h4-7,9,11,14H,8,10,12-13H2,1-3H3,(H2,20,22,23);1H. The molecular weight excluding hydrogens is 475 g/mol. The van der Waals surface area contributed by atoms with E-state index in [-0.39, 0.29) is 24.0 Å². The van der Waals surface area contributed by atoms with E-state index >= 15 is 0 Å². The minimum atomic E-state index is -3.14. The van der Waals surface area contributed by atoms with Crippen LogP contribution in [-0.4, -0.2) is 45.8 Å². The van der Waals surface area contributed by atoms with E-state index in [1.54, 1.807) is 19.2 Å². The number of guanidine groups is 1. The molecule has 2 aromatic rings. The Morgan fingerprint density at radius 3 is 2.26 bits per heavy atom. The van der Waals surface area contributed by atoms with Gasteiger partial charge in [0.25, 0.3) is 0 Å². The molecule has 2 rings (SSSR count). The van der Waals surface area contributed by atoms with Gasteiger partial charge in [-0.15, -0.1) is 24.0 Å². The maximum atomic E-state index is 11.5. The van der Waals surface area contributed by atoms with Crippen LogP contribution in [0.5, 0.6) is 0 Å². The Morgan fingerprint density at radius 1 is 1.07 bits per heavy atom. The summed E-state index contributed by atoms with van der Waals surface area (Å²) >= 11 is 0. The number of hydrogen-bond donors (Lipinski definition) is 2. The normalized spacial score (nSPS) is 11.6. The van der Waals surface area contributed by atoms with Crippen molar-refractivity contribution in [3.63, 3.8) is 0 Å². The average Bonchev–Trinajstić information content (AvgIpc) is 2.61. The lowest BCUT2D eigenvalue weighted by Gasteiger charge is -2.12. The number of aromatic nitrogens is 1. The van der Waals surface area contributed by atoms with Crippen LogP contribution in [0.4, 0.5) is 0 Å². The molecule has 0 saturated carbocycles. The number of rotatable bonds is 7. The Labute approximate surface area is 178 Å². The number of hydrogen-bond acceptors (Lipinski definition) is 4. The van der Waals surface area contributed by atoms with E-state index in [0.717, 1.165) is 30.9 Å². The van der Waals surface area contributed by atoms with Gasteiger partial charge in [0.2, 0.25) is 0 Å². The maximum Gasteiger partial charge on any atom is 0.190 e. The Morgan fingerprint density at radius 2 is 1.70 bits per heavy atom. The summed E-state index contributed by atoms with van der Waals surface area (Å²) in [4.78, 5) is 8.67. The third-order valence-corrected chi connectivity index (χ3v) is 5.23. The van der Waals surface area contributed by atoms with Crippen molar-refractivity contribution in [2.75, 3.05) is 26.4 Å². The molecular formula is C19H27IN4O2S. The van der Waals surface area contributed by atoms with Gasteiger partial charge in [0.15, 0.2) is 15.8 Å². The maximum absolute atomic E-state index is 11.5. The van der Waals surface area contributed by atoms with Gasteiger partial charge < -0.3 is 10.6 Å². The lowest BCUT2D eigenvalue weighted by molar-refractivity contribution is 0.602. The smallest absolute Gasteiger partial charge is 0.190 e. The number of sulfone groups is 1. The molecule has 0 amide bonds. The summed E-state index contributed by atoms with van der Waals surface area (Å²) in [6.45, 7) is 3.56. The van der Waals surface area contributed by atoms with Crippen molar-refractivity contribution in [2.24, 2.45) is 4.99 Å². The summed E-state index contributed by atoms with van der Waals surface area (Å²) in [5.74, 6) is 0.754. The predicted octanol–water partition coefficient (Wildman–Crippen LogP) is 2.36. The summed E-state index contributed by atoms with van der Waals surface area (Å²) < 4.78 is 22.9. The van der Waals surface area contributed by atoms with Crippen LogP contribution in [0.1, 0.15) is 16.7 Å². The first-order valence-corrected chi connectivity index (χ1v) is 10.4. The largest absolute Gasteiger partial charge is 0.356 e. The SMILES string of the molecule is CN=C(NCCc1ccc(S(C)(=O)=O)cc1)NCCc1ccncc1C.I. The van der Waals surface area contributed by atoms with Crippen molar-refractivity contribution in [3.05, 3.63) is 59.4 Å². The van der Waals surface area contributed by atoms with Crippen molar-refractivity contribution in [1.82, 2.24) is 15.6 Å². The third kappa shape index (κ3) is 7.84. The van der Waals surface area contributed by atoms with Gasteiger partial charge in [-0.1, -0.05) is 12.1 Å². The number of nitrogens with one attached hydrogen (secondary N) is 2. The molecule has 2 N–H and O–H groups in total. The van der Waals surface area contributed by atoms with Gasteiger partial charge in [-0.3, -0.25) is 9.98 Å². The van der Waals surface area contributed by atoms with Gasteiger partial charge in [0.1, 0.15) is 0 Å². The summed E-state index contributed by atoms with van der Waals surface area (Å²) in [5, 5.41) is 6.57. The fourth-order valence-electron chi connectivity index (χ4n) is 2.55. The monoisotopic (exact) mass is 502 g/mol. The zero-order valence-corrected chi connectivity index (χ0v) is 19.0. The highest BCUT2D eigenvalue weighted by Gasteiger charge is 2.06. The van der Waals surface area contributed by atoms with Gasteiger partial charge in [0.05, 0.1) is 4.90 Å². The first-order valence-electron chi connectivity index (χ1n) is 8.53. The third-order valence-electron chi connectivity index (χ3n) is 4.10. The zero-order valence-electron chi connectivity index (χ0n) is 15.9. The molecule has 0 unspecified atom stereocenters. The molecule has 0 atom stereocenters. The lowest BCUT2D eigenvalue weighted by atomic mass is 10.1. The second-order valence-electron chi connectivity index (χ2n) is 6.14. The quantitative estimate of drug-likeness (QED) is 0.345. The molecule has 27 heavy (non-hydrogen) atoms. The molecule has 0 saturated heterocycles. The topological polar surface area (TPSA) is 83.5 Å². The van der Waals surface area contributed by atoms with Crippen LogP contribution >= 0.6 is 24.0 Å². The second-order valence-corrected chi connectivity index (χ2v) is 8.16. The zero-order chi connectivity index (χ0) is 19.0. The van der Waals surface area contributed by atoms with Crippen LogP contribution in [0.2, 0.25) is 0 Å². The number of aliphatic imine (C=N–C) groups is 1. The number of halogens is 1. The molecule has 1 heterocycles. The second kappa shape index (κ2) is 11.2. The molecule has 1 aromatic carbocycles. The highest BCUT2D eigenvalue weighted by Crippen LogP contribution is 2.10. The van der Waals surface area contributed by atoms with E-state index in [2.05, 4.69) is 27.5 Å². The molecule has 1 aromatic heterocycles. The molecule has 6 nitrogen and oxygen atoms in total. The molecule has 0 radical (unpaired) electrons. The highest BCUT2D eigenvalue weighted by molar-refractivity contribution is 14.0. The van der Waals surface area contributed by atoms with Crippen molar-refractivity contribution in [3.8, 4) is 0 Å². The Bertz CT molecular complexity index is 852. The minimum Gasteiger partial charge on any atom is -0.356 e. The fraction of sp³-hybridized carbons (Fsp3) is 0.368. The van der Waals surface area contributed by atoms with Gasteiger partial charge in [0, 0.05) is 38.8 Å². The van der Waals surface area contributed by atoms with Crippen molar-refractivity contribution in [1.29, 1.82) is 0 Å². The summed E-state index contributed by atoms with van der Waals surface area (Å²) in [6.07, 6.45) is 6.59. The molecule has 8 heteroatoms. The van der Waals surface area contributed by atoms with Gasteiger partial charge in [-0.2, -0.15) is 0 Å². The Balaban J connectivity index is 0.00000364. The van der Waals surface area contributed by atoms with Crippen molar-refractivity contribution >= 4 is 39.8 Å². The summed E-state index contributed by atoms with van der Waals surface area (Å²) in [7, 11) is -1.40. The molecule has 0 aliphatic carbocycles. The Hall–Kier alpha value is -1.68. The first kappa shape index (κ1) is 23.4. The fourth-order valence-corrected chi connectivity index (χ4v) is 3.18. The van der Waals surface area contributed by atoms with Gasteiger partial charge >= 0.3 is 0 Å². The van der Waals surface area contributed by atoms with Gasteiger partial charge in [-0.25, -0.2) is 8.42 Å². The molecule has 0 aliphatic heterocycles. The van der Waals surface area contributed by atoms with E-state index in [0.29, 0.717) is 11.4 Å². The van der Waals surface area contributed by atoms with Gasteiger partial charge in [-0.05, 0) is 54.7 Å². The molecule has 148 valence electrons. The molecule has 0 fully saturated rings. The average molecular weight is 502 g/mol. The predicted molar refractivity (Wildman–Crippen MR) is 121 cm³/mol. The summed E-state index contributed by atoms with van der Waals surface area (Å²) in [6, 6.07) is 9.03. The van der Waals surface area contributed by atoms with Crippen LogP contribution < -0.4 is 10.6 Å². The minimum absolute atomic E-state index is 0. The highest BCUT2D eigenvalue weighted by atomic mass is 127. The van der Waals surface area contributed by atoms with Crippen molar-refractivity contribution in [2.45, 2.75) is 24.7 Å². The molecule has 0 bridgehead atoms. The lowest BCUT2D eigenvalue weighted by Crippen LogP contribution is -2.39.